The predicted octanol–water partition coefficient (Wildman–Crippen LogP) is 5.77. The molecule has 0 spiro atoms. The monoisotopic (exact) mass is 446 g/mol. The van der Waals surface area contributed by atoms with Gasteiger partial charge < -0.3 is 10.6 Å². The van der Waals surface area contributed by atoms with Crippen LogP contribution in [-0.2, 0) is 0 Å². The second kappa shape index (κ2) is 9.09. The number of rotatable bonds is 4. The first-order chi connectivity index (χ1) is 14.4. The third-order valence-corrected chi connectivity index (χ3v) is 4.49. The van der Waals surface area contributed by atoms with E-state index < -0.39 is 18.8 Å². The topological polar surface area (TPSA) is 58.4 Å². The van der Waals surface area contributed by atoms with Crippen molar-refractivity contribution in [1.82, 2.24) is 14.7 Å². The standard InChI is InChI=1S/C22H17F3N4O.ClH/c23-22(24,25)14-27-21(30)28-18-8-4-7-17(11-18)19-13-26-20-12-16(9-10-29(19)20)15-5-2-1-3-6-15;/h1-13H,14H2,(H2,27,28,30);1H. The van der Waals surface area contributed by atoms with Gasteiger partial charge in [0, 0.05) is 17.4 Å². The fraction of sp³-hybridized carbons (Fsp3) is 0.0909. The summed E-state index contributed by atoms with van der Waals surface area (Å²) in [5, 5.41) is 4.20. The zero-order chi connectivity index (χ0) is 21.1. The van der Waals surface area contributed by atoms with E-state index >= 15 is 0 Å². The fourth-order valence-electron chi connectivity index (χ4n) is 3.12. The van der Waals surface area contributed by atoms with Crippen LogP contribution in [0.1, 0.15) is 0 Å². The van der Waals surface area contributed by atoms with Crippen LogP contribution in [0.3, 0.4) is 0 Å². The maximum absolute atomic E-state index is 12.2. The fourth-order valence-corrected chi connectivity index (χ4v) is 3.12. The summed E-state index contributed by atoms with van der Waals surface area (Å²) in [6.45, 7) is -1.39. The van der Waals surface area contributed by atoms with Crippen LogP contribution in [0.25, 0.3) is 28.0 Å². The first-order valence-corrected chi connectivity index (χ1v) is 9.14. The molecule has 0 saturated carbocycles. The molecule has 0 fully saturated rings. The smallest absolute Gasteiger partial charge is 0.329 e. The van der Waals surface area contributed by atoms with E-state index in [1.807, 2.05) is 59.1 Å². The van der Waals surface area contributed by atoms with Crippen molar-refractivity contribution in [1.29, 1.82) is 0 Å². The molecular weight excluding hydrogens is 429 g/mol. The number of hydrogen-bond donors (Lipinski definition) is 2. The first kappa shape index (κ1) is 22.2. The van der Waals surface area contributed by atoms with E-state index in [9.17, 15) is 18.0 Å². The van der Waals surface area contributed by atoms with Crippen LogP contribution in [0.2, 0.25) is 0 Å². The molecule has 4 rings (SSSR count). The third kappa shape index (κ3) is 5.35. The van der Waals surface area contributed by atoms with Gasteiger partial charge in [-0.3, -0.25) is 4.40 Å². The minimum atomic E-state index is -4.46. The molecule has 2 amide bonds. The average molecular weight is 447 g/mol. The summed E-state index contributed by atoms with van der Waals surface area (Å²) in [6, 6.07) is 19.8. The predicted molar refractivity (Wildman–Crippen MR) is 116 cm³/mol. The molecule has 0 bridgehead atoms. The number of nitrogens with one attached hydrogen (secondary N) is 2. The Morgan fingerprint density at radius 2 is 1.68 bits per heavy atom. The zero-order valence-electron chi connectivity index (χ0n) is 16.1. The number of urea groups is 1. The summed E-state index contributed by atoms with van der Waals surface area (Å²) in [5.74, 6) is 0. The normalized spacial score (nSPS) is 11.1. The zero-order valence-corrected chi connectivity index (χ0v) is 16.9. The van der Waals surface area contributed by atoms with Crippen molar-refractivity contribution >= 4 is 29.8 Å². The van der Waals surface area contributed by atoms with Crippen molar-refractivity contribution < 1.29 is 18.0 Å². The number of pyridine rings is 1. The number of amides is 2. The Balaban J connectivity index is 0.00000272. The number of aromatic nitrogens is 2. The second-order valence-electron chi connectivity index (χ2n) is 6.66. The van der Waals surface area contributed by atoms with Crippen LogP contribution in [0, 0.1) is 0 Å². The molecule has 160 valence electrons. The van der Waals surface area contributed by atoms with Gasteiger partial charge >= 0.3 is 12.2 Å². The van der Waals surface area contributed by atoms with Gasteiger partial charge in [-0.05, 0) is 35.4 Å². The molecule has 31 heavy (non-hydrogen) atoms. The van der Waals surface area contributed by atoms with Crippen LogP contribution in [0.4, 0.5) is 23.7 Å². The molecule has 0 aliphatic carbocycles. The van der Waals surface area contributed by atoms with E-state index in [1.165, 1.54) is 0 Å². The number of halogens is 4. The molecule has 0 radical (unpaired) electrons. The number of alkyl halides is 3. The van der Waals surface area contributed by atoms with E-state index in [1.54, 1.807) is 29.7 Å². The van der Waals surface area contributed by atoms with Gasteiger partial charge in [-0.2, -0.15) is 13.2 Å². The first-order valence-electron chi connectivity index (χ1n) is 9.14. The van der Waals surface area contributed by atoms with Crippen molar-refractivity contribution in [3.8, 4) is 22.4 Å². The number of nitrogens with zero attached hydrogens (tertiary/aromatic N) is 2. The highest BCUT2D eigenvalue weighted by Crippen LogP contribution is 2.26. The lowest BCUT2D eigenvalue weighted by molar-refractivity contribution is -0.122. The molecule has 0 atom stereocenters. The number of benzene rings is 2. The van der Waals surface area contributed by atoms with Crippen LogP contribution in [0.5, 0.6) is 0 Å². The van der Waals surface area contributed by atoms with Gasteiger partial charge in [0.1, 0.15) is 12.2 Å². The number of carbonyl (C=O) groups excluding carboxylic acids is 1. The largest absolute Gasteiger partial charge is 0.405 e. The van der Waals surface area contributed by atoms with Gasteiger partial charge in [0.15, 0.2) is 0 Å². The number of fused-ring (bicyclic) bond motifs is 1. The third-order valence-electron chi connectivity index (χ3n) is 4.49. The minimum absolute atomic E-state index is 0. The lowest BCUT2D eigenvalue weighted by atomic mass is 10.1. The van der Waals surface area contributed by atoms with Crippen molar-refractivity contribution in [2.24, 2.45) is 0 Å². The Labute approximate surface area is 182 Å². The summed E-state index contributed by atoms with van der Waals surface area (Å²) in [6.07, 6.45) is -0.836. The van der Waals surface area contributed by atoms with Crippen LogP contribution in [0.15, 0.2) is 79.1 Å². The Morgan fingerprint density at radius 1 is 0.935 bits per heavy atom. The van der Waals surface area contributed by atoms with Gasteiger partial charge in [-0.15, -0.1) is 12.4 Å². The van der Waals surface area contributed by atoms with E-state index in [4.69, 9.17) is 0 Å². The molecule has 2 N–H and O–H groups in total. The molecule has 9 heteroatoms. The van der Waals surface area contributed by atoms with Crippen molar-refractivity contribution in [2.75, 3.05) is 11.9 Å². The SMILES string of the molecule is Cl.O=C(NCC(F)(F)F)Nc1cccc(-c2cnc3cc(-c4ccccc4)ccn23)c1. The van der Waals surface area contributed by atoms with Crippen LogP contribution < -0.4 is 10.6 Å². The molecule has 0 unspecified atom stereocenters. The summed E-state index contributed by atoms with van der Waals surface area (Å²) in [7, 11) is 0. The highest BCUT2D eigenvalue weighted by molar-refractivity contribution is 5.90. The Morgan fingerprint density at radius 3 is 2.42 bits per heavy atom. The average Bonchev–Trinajstić information content (AvgIpc) is 3.16. The van der Waals surface area contributed by atoms with Crippen LogP contribution >= 0.6 is 12.4 Å². The quantitative estimate of drug-likeness (QED) is 0.418. The molecule has 2 aromatic heterocycles. The summed E-state index contributed by atoms with van der Waals surface area (Å²) < 4.78 is 38.6. The van der Waals surface area contributed by atoms with Crippen molar-refractivity contribution in [3.05, 3.63) is 79.1 Å². The summed E-state index contributed by atoms with van der Waals surface area (Å²) in [4.78, 5) is 16.2. The van der Waals surface area contributed by atoms with E-state index in [0.29, 0.717) is 5.69 Å². The number of anilines is 1. The lowest BCUT2D eigenvalue weighted by Gasteiger charge is -2.11. The Bertz CT molecular complexity index is 1190. The molecule has 4 aromatic rings. The van der Waals surface area contributed by atoms with Gasteiger partial charge in [-0.25, -0.2) is 9.78 Å². The highest BCUT2D eigenvalue weighted by Gasteiger charge is 2.27. The van der Waals surface area contributed by atoms with Crippen molar-refractivity contribution in [3.63, 3.8) is 0 Å². The molecular formula is C22H18ClF3N4O. The molecule has 2 heterocycles. The van der Waals surface area contributed by atoms with E-state index in [2.05, 4.69) is 10.3 Å². The summed E-state index contributed by atoms with van der Waals surface area (Å²) >= 11 is 0. The van der Waals surface area contributed by atoms with Gasteiger partial charge in [0.2, 0.25) is 0 Å². The van der Waals surface area contributed by atoms with Gasteiger partial charge in [0.25, 0.3) is 0 Å². The van der Waals surface area contributed by atoms with Crippen molar-refractivity contribution in [2.45, 2.75) is 6.18 Å². The molecule has 0 aliphatic heterocycles. The number of carbonyl (C=O) groups is 1. The molecule has 0 saturated heterocycles. The Kier molecular flexibility index (Phi) is 6.50. The highest BCUT2D eigenvalue weighted by atomic mass is 35.5. The molecule has 0 aliphatic rings. The van der Waals surface area contributed by atoms with E-state index in [0.717, 1.165) is 28.0 Å². The maximum Gasteiger partial charge on any atom is 0.405 e. The molecule has 2 aromatic carbocycles. The van der Waals surface area contributed by atoms with Gasteiger partial charge in [-0.1, -0.05) is 42.5 Å². The Hall–Kier alpha value is -3.52. The summed E-state index contributed by atoms with van der Waals surface area (Å²) in [5.41, 5.74) is 4.82. The minimum Gasteiger partial charge on any atom is -0.329 e. The maximum atomic E-state index is 12.2. The molecule has 5 nitrogen and oxygen atoms in total. The lowest BCUT2D eigenvalue weighted by Crippen LogP contribution is -2.36. The van der Waals surface area contributed by atoms with E-state index in [-0.39, 0.29) is 12.4 Å². The number of hydrogen-bond acceptors (Lipinski definition) is 2. The number of imidazole rings is 1. The second-order valence-corrected chi connectivity index (χ2v) is 6.66. The van der Waals surface area contributed by atoms with Crippen LogP contribution in [-0.4, -0.2) is 28.1 Å². The van der Waals surface area contributed by atoms with Gasteiger partial charge in [0.05, 0.1) is 11.9 Å².